The highest BCUT2D eigenvalue weighted by molar-refractivity contribution is 9.10. The van der Waals surface area contributed by atoms with Crippen molar-refractivity contribution in [2.45, 2.75) is 13.8 Å². The van der Waals surface area contributed by atoms with Crippen LogP contribution < -0.4 is 4.74 Å². The van der Waals surface area contributed by atoms with E-state index in [1.54, 1.807) is 0 Å². The van der Waals surface area contributed by atoms with Crippen LogP contribution in [-0.4, -0.2) is 6.61 Å². The molecule has 0 saturated heterocycles. The summed E-state index contributed by atoms with van der Waals surface area (Å²) >= 11 is 9.30. The lowest BCUT2D eigenvalue weighted by atomic mass is 10.2. The molecule has 0 aliphatic heterocycles. The summed E-state index contributed by atoms with van der Waals surface area (Å²) in [4.78, 5) is 0. The lowest BCUT2D eigenvalue weighted by Gasteiger charge is -2.06. The Morgan fingerprint density at radius 2 is 2.17 bits per heavy atom. The lowest BCUT2D eigenvalue weighted by Crippen LogP contribution is -1.92. The molecule has 0 radical (unpaired) electrons. The SMILES string of the molecule is CCOc1cc(C)c(Br)c(Cl)c1. The summed E-state index contributed by atoms with van der Waals surface area (Å²) in [6, 6.07) is 3.77. The molecule has 0 heterocycles. The quantitative estimate of drug-likeness (QED) is 0.774. The summed E-state index contributed by atoms with van der Waals surface area (Å²) in [5, 5.41) is 0.693. The van der Waals surface area contributed by atoms with Crippen molar-refractivity contribution in [2.24, 2.45) is 0 Å². The number of ether oxygens (including phenoxy) is 1. The zero-order valence-electron chi connectivity index (χ0n) is 7.03. The fourth-order valence-electron chi connectivity index (χ4n) is 0.945. The standard InChI is InChI=1S/C9H10BrClO/c1-3-12-7-4-6(2)9(10)8(11)5-7/h4-5H,3H2,1-2H3. The van der Waals surface area contributed by atoms with Crippen molar-refractivity contribution in [3.8, 4) is 5.75 Å². The van der Waals surface area contributed by atoms with E-state index in [0.29, 0.717) is 11.6 Å². The summed E-state index contributed by atoms with van der Waals surface area (Å²) in [6.07, 6.45) is 0. The van der Waals surface area contributed by atoms with Crippen LogP contribution in [0.3, 0.4) is 0 Å². The largest absolute Gasteiger partial charge is 0.494 e. The van der Waals surface area contributed by atoms with Crippen LogP contribution in [0.25, 0.3) is 0 Å². The first-order valence-electron chi connectivity index (χ1n) is 3.73. The zero-order chi connectivity index (χ0) is 9.14. The Balaban J connectivity index is 3.04. The summed E-state index contributed by atoms with van der Waals surface area (Å²) in [5.41, 5.74) is 1.09. The summed E-state index contributed by atoms with van der Waals surface area (Å²) < 4.78 is 6.25. The first kappa shape index (κ1) is 9.87. The van der Waals surface area contributed by atoms with Gasteiger partial charge in [-0.1, -0.05) is 11.6 Å². The van der Waals surface area contributed by atoms with Crippen LogP contribution in [-0.2, 0) is 0 Å². The van der Waals surface area contributed by atoms with Crippen LogP contribution in [0.2, 0.25) is 5.02 Å². The predicted octanol–water partition coefficient (Wildman–Crippen LogP) is 3.81. The fraction of sp³-hybridized carbons (Fsp3) is 0.333. The molecule has 0 fully saturated rings. The van der Waals surface area contributed by atoms with Gasteiger partial charge in [0.25, 0.3) is 0 Å². The third-order valence-electron chi connectivity index (χ3n) is 1.49. The molecule has 12 heavy (non-hydrogen) atoms. The zero-order valence-corrected chi connectivity index (χ0v) is 9.37. The highest BCUT2D eigenvalue weighted by Gasteiger charge is 2.03. The molecule has 0 spiro atoms. The molecule has 0 unspecified atom stereocenters. The summed E-state index contributed by atoms with van der Waals surface area (Å²) in [6.45, 7) is 4.60. The second-order valence-electron chi connectivity index (χ2n) is 2.47. The molecule has 3 heteroatoms. The van der Waals surface area contributed by atoms with Crippen LogP contribution in [0.1, 0.15) is 12.5 Å². The first-order valence-corrected chi connectivity index (χ1v) is 4.90. The van der Waals surface area contributed by atoms with Gasteiger partial charge in [-0.05, 0) is 47.5 Å². The Bertz CT molecular complexity index is 263. The highest BCUT2D eigenvalue weighted by atomic mass is 79.9. The average Bonchev–Trinajstić information content (AvgIpc) is 2.01. The number of hydrogen-bond donors (Lipinski definition) is 0. The summed E-state index contributed by atoms with van der Waals surface area (Å²) in [5.74, 6) is 0.822. The molecule has 0 aromatic heterocycles. The minimum atomic E-state index is 0.664. The van der Waals surface area contributed by atoms with Crippen molar-refractivity contribution < 1.29 is 4.74 Å². The van der Waals surface area contributed by atoms with E-state index < -0.39 is 0 Å². The molecule has 66 valence electrons. The molecule has 1 aromatic carbocycles. The molecule has 0 amide bonds. The third kappa shape index (κ3) is 2.14. The van der Waals surface area contributed by atoms with Crippen molar-refractivity contribution in [2.75, 3.05) is 6.61 Å². The first-order chi connectivity index (χ1) is 5.65. The van der Waals surface area contributed by atoms with Crippen molar-refractivity contribution in [3.05, 3.63) is 27.2 Å². The van der Waals surface area contributed by atoms with Crippen molar-refractivity contribution in [1.82, 2.24) is 0 Å². The van der Waals surface area contributed by atoms with Gasteiger partial charge in [0, 0.05) is 4.47 Å². The molecule has 0 saturated carbocycles. The maximum Gasteiger partial charge on any atom is 0.121 e. The lowest BCUT2D eigenvalue weighted by molar-refractivity contribution is 0.340. The van der Waals surface area contributed by atoms with Crippen LogP contribution in [0.4, 0.5) is 0 Å². The van der Waals surface area contributed by atoms with Crippen molar-refractivity contribution >= 4 is 27.5 Å². The fourth-order valence-corrected chi connectivity index (χ4v) is 1.43. The van der Waals surface area contributed by atoms with Crippen LogP contribution in [0, 0.1) is 6.92 Å². The maximum absolute atomic E-state index is 5.93. The van der Waals surface area contributed by atoms with E-state index >= 15 is 0 Å². The van der Waals surface area contributed by atoms with Gasteiger partial charge in [0.2, 0.25) is 0 Å². The maximum atomic E-state index is 5.93. The molecule has 0 atom stereocenters. The van der Waals surface area contributed by atoms with Crippen molar-refractivity contribution in [1.29, 1.82) is 0 Å². The van der Waals surface area contributed by atoms with Gasteiger partial charge in [-0.3, -0.25) is 0 Å². The van der Waals surface area contributed by atoms with Gasteiger partial charge < -0.3 is 4.74 Å². The monoisotopic (exact) mass is 248 g/mol. The molecule has 1 aromatic rings. The number of hydrogen-bond acceptors (Lipinski definition) is 1. The van der Waals surface area contributed by atoms with Gasteiger partial charge in [0.1, 0.15) is 5.75 Å². The Kier molecular flexibility index (Phi) is 3.41. The van der Waals surface area contributed by atoms with Gasteiger partial charge in [0.15, 0.2) is 0 Å². The van der Waals surface area contributed by atoms with Gasteiger partial charge in [0.05, 0.1) is 11.6 Å². The molecular weight excluding hydrogens is 239 g/mol. The molecule has 1 rings (SSSR count). The van der Waals surface area contributed by atoms with E-state index in [0.717, 1.165) is 15.8 Å². The van der Waals surface area contributed by atoms with Gasteiger partial charge in [-0.25, -0.2) is 0 Å². The Morgan fingerprint density at radius 1 is 1.50 bits per heavy atom. The number of rotatable bonds is 2. The van der Waals surface area contributed by atoms with Crippen LogP contribution in [0.5, 0.6) is 5.75 Å². The van der Waals surface area contributed by atoms with E-state index in [1.807, 2.05) is 26.0 Å². The number of aryl methyl sites for hydroxylation is 1. The van der Waals surface area contributed by atoms with E-state index in [4.69, 9.17) is 16.3 Å². The smallest absolute Gasteiger partial charge is 0.121 e. The van der Waals surface area contributed by atoms with Crippen LogP contribution in [0.15, 0.2) is 16.6 Å². The Morgan fingerprint density at radius 3 is 2.67 bits per heavy atom. The van der Waals surface area contributed by atoms with Gasteiger partial charge in [-0.15, -0.1) is 0 Å². The second-order valence-corrected chi connectivity index (χ2v) is 3.67. The second kappa shape index (κ2) is 4.15. The molecule has 0 N–H and O–H groups in total. The Hall–Kier alpha value is -0.210. The average molecular weight is 250 g/mol. The van der Waals surface area contributed by atoms with E-state index in [1.165, 1.54) is 0 Å². The van der Waals surface area contributed by atoms with Crippen molar-refractivity contribution in [3.63, 3.8) is 0 Å². The van der Waals surface area contributed by atoms with Gasteiger partial charge >= 0.3 is 0 Å². The number of benzene rings is 1. The minimum absolute atomic E-state index is 0.664. The molecule has 0 aliphatic carbocycles. The van der Waals surface area contributed by atoms with E-state index in [9.17, 15) is 0 Å². The van der Waals surface area contributed by atoms with E-state index in [-0.39, 0.29) is 0 Å². The van der Waals surface area contributed by atoms with Gasteiger partial charge in [-0.2, -0.15) is 0 Å². The third-order valence-corrected chi connectivity index (χ3v) is 3.07. The number of halogens is 2. The Labute approximate surface area is 85.8 Å². The molecular formula is C9H10BrClO. The highest BCUT2D eigenvalue weighted by Crippen LogP contribution is 2.30. The van der Waals surface area contributed by atoms with E-state index in [2.05, 4.69) is 15.9 Å². The normalized spacial score (nSPS) is 10.0. The minimum Gasteiger partial charge on any atom is -0.494 e. The predicted molar refractivity (Wildman–Crippen MR) is 55.1 cm³/mol. The summed E-state index contributed by atoms with van der Waals surface area (Å²) in [7, 11) is 0. The molecule has 0 aliphatic rings. The topological polar surface area (TPSA) is 9.23 Å². The molecule has 1 nitrogen and oxygen atoms in total. The molecule has 0 bridgehead atoms. The van der Waals surface area contributed by atoms with Crippen LogP contribution >= 0.6 is 27.5 Å².